The molecule has 0 bridgehead atoms. The van der Waals surface area contributed by atoms with Crippen LogP contribution in [-0.4, -0.2) is 24.2 Å². The van der Waals surface area contributed by atoms with Crippen molar-refractivity contribution in [3.63, 3.8) is 0 Å². The highest BCUT2D eigenvalue weighted by molar-refractivity contribution is 14.1. The SMILES string of the molecule is COc1cc2nccc(Oc3cc4ccccc4nc3I)c2cc1OC. The molecule has 0 amide bonds. The zero-order valence-corrected chi connectivity index (χ0v) is 16.4. The summed E-state index contributed by atoms with van der Waals surface area (Å²) < 4.78 is 17.8. The fraction of sp³-hybridized carbons (Fsp3) is 0.100. The lowest BCUT2D eigenvalue weighted by atomic mass is 10.1. The topological polar surface area (TPSA) is 53.5 Å². The molecule has 0 saturated carbocycles. The Morgan fingerprint density at radius 2 is 1.58 bits per heavy atom. The van der Waals surface area contributed by atoms with Crippen LogP contribution in [0.15, 0.2) is 54.7 Å². The molecule has 6 heteroatoms. The van der Waals surface area contributed by atoms with Crippen LogP contribution in [0.25, 0.3) is 21.8 Å². The minimum atomic E-state index is 0.629. The smallest absolute Gasteiger partial charge is 0.162 e. The van der Waals surface area contributed by atoms with Gasteiger partial charge >= 0.3 is 0 Å². The summed E-state index contributed by atoms with van der Waals surface area (Å²) in [7, 11) is 3.21. The molecule has 0 N–H and O–H groups in total. The Morgan fingerprint density at radius 3 is 2.38 bits per heavy atom. The van der Waals surface area contributed by atoms with Gasteiger partial charge in [0.05, 0.1) is 25.3 Å². The highest BCUT2D eigenvalue weighted by Gasteiger charge is 2.13. The van der Waals surface area contributed by atoms with E-state index in [1.807, 2.05) is 48.5 Å². The van der Waals surface area contributed by atoms with E-state index >= 15 is 0 Å². The quantitative estimate of drug-likeness (QED) is 0.311. The largest absolute Gasteiger partial charge is 0.493 e. The van der Waals surface area contributed by atoms with Crippen LogP contribution in [0.5, 0.6) is 23.0 Å². The molecule has 0 spiro atoms. The number of hydrogen-bond acceptors (Lipinski definition) is 5. The predicted molar refractivity (Wildman–Crippen MR) is 109 cm³/mol. The summed E-state index contributed by atoms with van der Waals surface area (Å²) in [6, 6.07) is 15.5. The number of halogens is 1. The molecule has 0 unspecified atom stereocenters. The number of benzene rings is 2. The molecule has 5 nitrogen and oxygen atoms in total. The lowest BCUT2D eigenvalue weighted by Gasteiger charge is -2.13. The molecule has 0 aliphatic heterocycles. The molecule has 2 aromatic heterocycles. The number of para-hydroxylation sites is 1. The maximum Gasteiger partial charge on any atom is 0.162 e. The average Bonchev–Trinajstić information content (AvgIpc) is 2.67. The second-order valence-electron chi connectivity index (χ2n) is 5.61. The molecular weight excluding hydrogens is 443 g/mol. The molecule has 2 heterocycles. The van der Waals surface area contributed by atoms with E-state index in [4.69, 9.17) is 14.2 Å². The molecule has 0 atom stereocenters. The van der Waals surface area contributed by atoms with Crippen LogP contribution in [0.4, 0.5) is 0 Å². The lowest BCUT2D eigenvalue weighted by molar-refractivity contribution is 0.355. The predicted octanol–water partition coefficient (Wildman–Crippen LogP) is 5.20. The van der Waals surface area contributed by atoms with Gasteiger partial charge in [-0.25, -0.2) is 4.98 Å². The van der Waals surface area contributed by atoms with Gasteiger partial charge in [-0.15, -0.1) is 0 Å². The van der Waals surface area contributed by atoms with Crippen molar-refractivity contribution in [3.05, 3.63) is 58.4 Å². The Balaban J connectivity index is 1.83. The van der Waals surface area contributed by atoms with Gasteiger partial charge in [0.1, 0.15) is 9.45 Å². The van der Waals surface area contributed by atoms with Crippen LogP contribution < -0.4 is 14.2 Å². The molecule has 26 heavy (non-hydrogen) atoms. The van der Waals surface area contributed by atoms with Crippen molar-refractivity contribution >= 4 is 44.4 Å². The first-order valence-corrected chi connectivity index (χ1v) is 9.01. The Morgan fingerprint density at radius 1 is 0.808 bits per heavy atom. The number of aromatic nitrogens is 2. The van der Waals surface area contributed by atoms with Crippen LogP contribution >= 0.6 is 22.6 Å². The van der Waals surface area contributed by atoms with Crippen molar-refractivity contribution in [3.8, 4) is 23.0 Å². The second kappa shape index (κ2) is 6.95. The van der Waals surface area contributed by atoms with Crippen LogP contribution in [0.1, 0.15) is 0 Å². The summed E-state index contributed by atoms with van der Waals surface area (Å²) >= 11 is 2.19. The van der Waals surface area contributed by atoms with Crippen molar-refractivity contribution in [1.29, 1.82) is 0 Å². The normalized spacial score (nSPS) is 10.9. The van der Waals surface area contributed by atoms with Gasteiger partial charge < -0.3 is 14.2 Å². The van der Waals surface area contributed by atoms with E-state index in [-0.39, 0.29) is 0 Å². The summed E-state index contributed by atoms with van der Waals surface area (Å²) in [5, 5.41) is 1.87. The van der Waals surface area contributed by atoms with E-state index in [2.05, 4.69) is 32.6 Å². The zero-order chi connectivity index (χ0) is 18.1. The number of rotatable bonds is 4. The van der Waals surface area contributed by atoms with E-state index in [1.54, 1.807) is 20.4 Å². The van der Waals surface area contributed by atoms with Crippen molar-refractivity contribution in [2.75, 3.05) is 14.2 Å². The van der Waals surface area contributed by atoms with Gasteiger partial charge in [-0.3, -0.25) is 4.98 Å². The maximum absolute atomic E-state index is 6.20. The van der Waals surface area contributed by atoms with Gasteiger partial charge in [0.2, 0.25) is 0 Å². The van der Waals surface area contributed by atoms with Gasteiger partial charge in [-0.05, 0) is 46.9 Å². The number of nitrogens with zero attached hydrogens (tertiary/aromatic N) is 2. The molecule has 2 aromatic carbocycles. The Bertz CT molecular complexity index is 1110. The number of ether oxygens (including phenoxy) is 3. The fourth-order valence-electron chi connectivity index (χ4n) is 2.80. The minimum absolute atomic E-state index is 0.629. The Hall–Kier alpha value is -2.61. The molecule has 0 aliphatic rings. The van der Waals surface area contributed by atoms with E-state index in [1.165, 1.54) is 0 Å². The number of methoxy groups -OCH3 is 2. The molecule has 0 fully saturated rings. The molecule has 0 radical (unpaired) electrons. The standard InChI is InChI=1S/C20H15IN2O3/c1-24-17-10-13-15(11-18(17)25-2)22-8-7-16(13)26-19-9-12-5-3-4-6-14(12)23-20(19)21/h3-11H,1-2H3. The molecule has 130 valence electrons. The Kier molecular flexibility index (Phi) is 4.50. The molecule has 0 aliphatic carbocycles. The highest BCUT2D eigenvalue weighted by Crippen LogP contribution is 2.38. The number of hydrogen-bond donors (Lipinski definition) is 0. The number of fused-ring (bicyclic) bond motifs is 2. The van der Waals surface area contributed by atoms with Crippen molar-refractivity contribution < 1.29 is 14.2 Å². The van der Waals surface area contributed by atoms with E-state index in [0.717, 1.165) is 25.5 Å². The summed E-state index contributed by atoms with van der Waals surface area (Å²) in [6.45, 7) is 0. The van der Waals surface area contributed by atoms with Crippen molar-refractivity contribution in [2.24, 2.45) is 0 Å². The molecular formula is C20H15IN2O3. The second-order valence-corrected chi connectivity index (χ2v) is 6.63. The van der Waals surface area contributed by atoms with Crippen molar-refractivity contribution in [1.82, 2.24) is 9.97 Å². The third-order valence-corrected chi connectivity index (χ3v) is 4.84. The summed E-state index contributed by atoms with van der Waals surface area (Å²) in [5.41, 5.74) is 1.71. The van der Waals surface area contributed by atoms with Gasteiger partial charge in [-0.2, -0.15) is 0 Å². The van der Waals surface area contributed by atoms with Crippen LogP contribution in [0.2, 0.25) is 0 Å². The van der Waals surface area contributed by atoms with E-state index in [0.29, 0.717) is 23.0 Å². The molecule has 4 aromatic rings. The monoisotopic (exact) mass is 458 g/mol. The van der Waals surface area contributed by atoms with Crippen LogP contribution in [-0.2, 0) is 0 Å². The fourth-order valence-corrected chi connectivity index (χ4v) is 3.33. The molecule has 4 rings (SSSR count). The average molecular weight is 458 g/mol. The third kappa shape index (κ3) is 3.01. The van der Waals surface area contributed by atoms with Crippen molar-refractivity contribution in [2.45, 2.75) is 0 Å². The summed E-state index contributed by atoms with van der Waals surface area (Å²) in [5.74, 6) is 2.65. The third-order valence-electron chi connectivity index (χ3n) is 4.07. The highest BCUT2D eigenvalue weighted by atomic mass is 127. The maximum atomic E-state index is 6.20. The summed E-state index contributed by atoms with van der Waals surface area (Å²) in [6.07, 6.45) is 1.71. The first-order valence-electron chi connectivity index (χ1n) is 7.93. The first-order chi connectivity index (χ1) is 12.7. The minimum Gasteiger partial charge on any atom is -0.493 e. The van der Waals surface area contributed by atoms with Gasteiger partial charge in [0, 0.05) is 23.0 Å². The first kappa shape index (κ1) is 16.8. The Labute approximate surface area is 164 Å². The van der Waals surface area contributed by atoms with E-state index < -0.39 is 0 Å². The number of pyridine rings is 2. The van der Waals surface area contributed by atoms with Gasteiger partial charge in [0.15, 0.2) is 17.2 Å². The van der Waals surface area contributed by atoms with Crippen LogP contribution in [0, 0.1) is 3.70 Å². The van der Waals surface area contributed by atoms with E-state index in [9.17, 15) is 0 Å². The zero-order valence-electron chi connectivity index (χ0n) is 14.2. The molecule has 0 saturated heterocycles. The summed E-state index contributed by atoms with van der Waals surface area (Å²) in [4.78, 5) is 9.02. The van der Waals surface area contributed by atoms with Gasteiger partial charge in [-0.1, -0.05) is 18.2 Å². The lowest BCUT2D eigenvalue weighted by Crippen LogP contribution is -1.95. The van der Waals surface area contributed by atoms with Crippen LogP contribution in [0.3, 0.4) is 0 Å². The van der Waals surface area contributed by atoms with Gasteiger partial charge in [0.25, 0.3) is 0 Å².